The van der Waals surface area contributed by atoms with Crippen molar-refractivity contribution in [1.82, 2.24) is 0 Å². The highest BCUT2D eigenvalue weighted by atomic mass is 32.1. The molecule has 1 aromatic rings. The van der Waals surface area contributed by atoms with Crippen LogP contribution in [0.15, 0.2) is 12.1 Å². The molecule has 0 aromatic heterocycles. The molecule has 1 aromatic carbocycles. The molecule has 0 aliphatic carbocycles. The molecule has 2 nitrogen and oxygen atoms in total. The molecule has 100 valence electrons. The highest BCUT2D eigenvalue weighted by Crippen LogP contribution is 2.26. The molecule has 0 heterocycles. The molecule has 0 radical (unpaired) electrons. The molecule has 5 heteroatoms. The van der Waals surface area contributed by atoms with Gasteiger partial charge in [-0.1, -0.05) is 25.6 Å². The van der Waals surface area contributed by atoms with Crippen LogP contribution in [0.5, 0.6) is 0 Å². The van der Waals surface area contributed by atoms with E-state index in [1.165, 1.54) is 12.1 Å². The van der Waals surface area contributed by atoms with E-state index in [1.807, 2.05) is 13.8 Å². The maximum absolute atomic E-state index is 13.9. The lowest BCUT2D eigenvalue weighted by atomic mass is 10.1. The minimum absolute atomic E-state index is 0.0105. The molecule has 1 unspecified atom stereocenters. The molecule has 0 saturated carbocycles. The van der Waals surface area contributed by atoms with Gasteiger partial charge in [0.05, 0.1) is 0 Å². The number of thiocarbonyl (C=S) groups is 1. The van der Waals surface area contributed by atoms with Crippen molar-refractivity contribution in [3.63, 3.8) is 0 Å². The standard InChI is InChI=1S/C13H18F2N2S/c1-4-5-8(2)17(3)12-10(14)6-9(13(16)18)7-11(12)15/h6-8H,4-5H2,1-3H3,(H2,16,18). The number of nitrogens with two attached hydrogens (primary N) is 1. The van der Waals surface area contributed by atoms with Crippen LogP contribution in [-0.4, -0.2) is 18.1 Å². The Balaban J connectivity index is 3.13. The second kappa shape index (κ2) is 6.09. The van der Waals surface area contributed by atoms with E-state index >= 15 is 0 Å². The van der Waals surface area contributed by atoms with Crippen LogP contribution in [0.2, 0.25) is 0 Å². The third-order valence-electron chi connectivity index (χ3n) is 3.02. The van der Waals surface area contributed by atoms with Crippen molar-refractivity contribution in [1.29, 1.82) is 0 Å². The van der Waals surface area contributed by atoms with E-state index in [9.17, 15) is 8.78 Å². The number of nitrogens with zero attached hydrogens (tertiary/aromatic N) is 1. The van der Waals surface area contributed by atoms with Gasteiger partial charge in [0.25, 0.3) is 0 Å². The largest absolute Gasteiger partial charge is 0.389 e. The van der Waals surface area contributed by atoms with Gasteiger partial charge in [0.1, 0.15) is 22.3 Å². The van der Waals surface area contributed by atoms with Crippen LogP contribution in [0, 0.1) is 11.6 Å². The van der Waals surface area contributed by atoms with Crippen LogP contribution in [-0.2, 0) is 0 Å². The average molecular weight is 272 g/mol. The summed E-state index contributed by atoms with van der Waals surface area (Å²) in [6.07, 6.45) is 1.83. The highest BCUT2D eigenvalue weighted by Gasteiger charge is 2.19. The summed E-state index contributed by atoms with van der Waals surface area (Å²) in [5, 5.41) is 0. The molecule has 0 spiro atoms. The van der Waals surface area contributed by atoms with E-state index in [0.717, 1.165) is 12.8 Å². The summed E-state index contributed by atoms with van der Waals surface area (Å²) in [5.41, 5.74) is 5.55. The Morgan fingerprint density at radius 1 is 1.39 bits per heavy atom. The van der Waals surface area contributed by atoms with Crippen molar-refractivity contribution in [2.75, 3.05) is 11.9 Å². The summed E-state index contributed by atoms with van der Waals surface area (Å²) in [6.45, 7) is 3.97. The minimum Gasteiger partial charge on any atom is -0.389 e. The predicted octanol–water partition coefficient (Wildman–Crippen LogP) is 3.22. The Hall–Kier alpha value is -1.23. The van der Waals surface area contributed by atoms with Crippen LogP contribution in [0.25, 0.3) is 0 Å². The van der Waals surface area contributed by atoms with Crippen LogP contribution in [0.1, 0.15) is 32.3 Å². The molecule has 0 aliphatic rings. The fourth-order valence-electron chi connectivity index (χ4n) is 1.88. The van der Waals surface area contributed by atoms with Gasteiger partial charge in [-0.2, -0.15) is 0 Å². The number of halogens is 2. The van der Waals surface area contributed by atoms with Crippen molar-refractivity contribution in [3.05, 3.63) is 29.3 Å². The Morgan fingerprint density at radius 2 is 1.89 bits per heavy atom. The summed E-state index contributed by atoms with van der Waals surface area (Å²) in [5.74, 6) is -1.27. The molecule has 0 saturated heterocycles. The van der Waals surface area contributed by atoms with Gasteiger partial charge in [-0.15, -0.1) is 0 Å². The number of hydrogen-bond acceptors (Lipinski definition) is 2. The summed E-state index contributed by atoms with van der Waals surface area (Å²) in [6, 6.07) is 2.42. The summed E-state index contributed by atoms with van der Waals surface area (Å²) in [7, 11) is 1.68. The zero-order valence-corrected chi connectivity index (χ0v) is 11.7. The van der Waals surface area contributed by atoms with Crippen molar-refractivity contribution in [3.8, 4) is 0 Å². The highest BCUT2D eigenvalue weighted by molar-refractivity contribution is 7.80. The lowest BCUT2D eigenvalue weighted by Crippen LogP contribution is -2.30. The molecular formula is C13H18F2N2S. The van der Waals surface area contributed by atoms with Gasteiger partial charge in [-0.25, -0.2) is 8.78 Å². The normalized spacial score (nSPS) is 12.3. The Labute approximate surface area is 112 Å². The predicted molar refractivity (Wildman–Crippen MR) is 75.0 cm³/mol. The molecule has 0 amide bonds. The third kappa shape index (κ3) is 3.16. The van der Waals surface area contributed by atoms with E-state index in [2.05, 4.69) is 0 Å². The topological polar surface area (TPSA) is 29.3 Å². The van der Waals surface area contributed by atoms with Crippen LogP contribution in [0.3, 0.4) is 0 Å². The Bertz CT molecular complexity index is 426. The quantitative estimate of drug-likeness (QED) is 0.834. The van der Waals surface area contributed by atoms with Crippen LogP contribution in [0.4, 0.5) is 14.5 Å². The second-order valence-corrected chi connectivity index (χ2v) is 4.84. The number of anilines is 1. The van der Waals surface area contributed by atoms with Gasteiger partial charge in [0.2, 0.25) is 0 Å². The van der Waals surface area contributed by atoms with Gasteiger partial charge in [-0.3, -0.25) is 0 Å². The van der Waals surface area contributed by atoms with E-state index < -0.39 is 11.6 Å². The maximum atomic E-state index is 13.9. The first-order chi connectivity index (χ1) is 8.38. The van der Waals surface area contributed by atoms with E-state index in [0.29, 0.717) is 0 Å². The second-order valence-electron chi connectivity index (χ2n) is 4.40. The zero-order chi connectivity index (χ0) is 13.9. The van der Waals surface area contributed by atoms with Crippen LogP contribution >= 0.6 is 12.2 Å². The SMILES string of the molecule is CCCC(C)N(C)c1c(F)cc(C(N)=S)cc1F. The number of rotatable bonds is 5. The summed E-state index contributed by atoms with van der Waals surface area (Å²) < 4.78 is 27.9. The van der Waals surface area contributed by atoms with E-state index in [1.54, 1.807) is 11.9 Å². The maximum Gasteiger partial charge on any atom is 0.150 e. The van der Waals surface area contributed by atoms with Crippen molar-refractivity contribution in [2.45, 2.75) is 32.7 Å². The molecule has 18 heavy (non-hydrogen) atoms. The molecular weight excluding hydrogens is 254 g/mol. The average Bonchev–Trinajstić information content (AvgIpc) is 2.27. The monoisotopic (exact) mass is 272 g/mol. The van der Waals surface area contributed by atoms with Gasteiger partial charge < -0.3 is 10.6 Å². The molecule has 2 N–H and O–H groups in total. The fraction of sp³-hybridized carbons (Fsp3) is 0.462. The third-order valence-corrected chi connectivity index (χ3v) is 3.26. The van der Waals surface area contributed by atoms with E-state index in [-0.39, 0.29) is 22.3 Å². The first kappa shape index (κ1) is 14.8. The van der Waals surface area contributed by atoms with Crippen LogP contribution < -0.4 is 10.6 Å². The molecule has 0 aliphatic heterocycles. The first-order valence-electron chi connectivity index (χ1n) is 5.90. The lowest BCUT2D eigenvalue weighted by molar-refractivity contribution is 0.547. The van der Waals surface area contributed by atoms with E-state index in [4.69, 9.17) is 18.0 Å². The molecule has 1 rings (SSSR count). The summed E-state index contributed by atoms with van der Waals surface area (Å²) in [4.78, 5) is 1.60. The van der Waals surface area contributed by atoms with Crippen molar-refractivity contribution in [2.24, 2.45) is 5.73 Å². The first-order valence-corrected chi connectivity index (χ1v) is 6.31. The van der Waals surface area contributed by atoms with Crippen molar-refractivity contribution < 1.29 is 8.78 Å². The number of hydrogen-bond donors (Lipinski definition) is 1. The molecule has 0 bridgehead atoms. The smallest absolute Gasteiger partial charge is 0.150 e. The fourth-order valence-corrected chi connectivity index (χ4v) is 1.99. The summed E-state index contributed by atoms with van der Waals surface area (Å²) >= 11 is 4.71. The van der Waals surface area contributed by atoms with Gasteiger partial charge in [0, 0.05) is 18.7 Å². The molecule has 1 atom stereocenters. The van der Waals surface area contributed by atoms with Gasteiger partial charge >= 0.3 is 0 Å². The number of benzene rings is 1. The zero-order valence-electron chi connectivity index (χ0n) is 10.8. The Morgan fingerprint density at radius 3 is 2.28 bits per heavy atom. The Kier molecular flexibility index (Phi) is 5.02. The van der Waals surface area contributed by atoms with Gasteiger partial charge in [-0.05, 0) is 25.5 Å². The minimum atomic E-state index is -0.636. The van der Waals surface area contributed by atoms with Crippen molar-refractivity contribution >= 4 is 22.9 Å². The lowest BCUT2D eigenvalue weighted by Gasteiger charge is -2.27. The van der Waals surface area contributed by atoms with Gasteiger partial charge in [0.15, 0.2) is 0 Å². The molecule has 0 fully saturated rings.